The molecule has 0 heterocycles. The van der Waals surface area contributed by atoms with Gasteiger partial charge in [0.15, 0.2) is 0 Å². The molecule has 0 fully saturated rings. The van der Waals surface area contributed by atoms with Crippen LogP contribution in [0.4, 0.5) is 0 Å². The topological polar surface area (TPSA) is 55.8 Å². The number of esters is 1. The second-order valence-electron chi connectivity index (χ2n) is 4.44. The number of methoxy groups -OCH3 is 2. The van der Waals surface area contributed by atoms with Crippen LogP contribution in [0.15, 0.2) is 42.5 Å². The van der Waals surface area contributed by atoms with Crippen molar-refractivity contribution in [2.45, 2.75) is 6.10 Å². The third-order valence-corrected chi connectivity index (χ3v) is 3.30. The van der Waals surface area contributed by atoms with Crippen LogP contribution in [0.5, 0.6) is 5.75 Å². The van der Waals surface area contributed by atoms with E-state index in [0.717, 1.165) is 0 Å². The Bertz CT molecular complexity index is 654. The smallest absolute Gasteiger partial charge is 0.337 e. The zero-order valence-electron chi connectivity index (χ0n) is 11.7. The molecule has 0 aliphatic rings. The number of benzene rings is 2. The normalized spacial score (nSPS) is 11.8. The van der Waals surface area contributed by atoms with Crippen molar-refractivity contribution < 1.29 is 19.4 Å². The number of aliphatic hydroxyl groups excluding tert-OH is 1. The number of hydrogen-bond donors (Lipinski definition) is 1. The second-order valence-corrected chi connectivity index (χ2v) is 4.88. The molecule has 110 valence electrons. The van der Waals surface area contributed by atoms with Crippen molar-refractivity contribution in [3.63, 3.8) is 0 Å². The van der Waals surface area contributed by atoms with Crippen molar-refractivity contribution in [1.29, 1.82) is 0 Å². The Morgan fingerprint density at radius 3 is 2.52 bits per heavy atom. The Hall–Kier alpha value is -2.04. The van der Waals surface area contributed by atoms with Gasteiger partial charge in [-0.2, -0.15) is 0 Å². The van der Waals surface area contributed by atoms with Gasteiger partial charge in [0.05, 0.1) is 19.8 Å². The van der Waals surface area contributed by atoms with E-state index in [2.05, 4.69) is 0 Å². The van der Waals surface area contributed by atoms with E-state index in [-0.39, 0.29) is 0 Å². The first-order valence-electron chi connectivity index (χ1n) is 6.26. The van der Waals surface area contributed by atoms with E-state index in [9.17, 15) is 9.90 Å². The summed E-state index contributed by atoms with van der Waals surface area (Å²) in [5, 5.41) is 11.0. The standard InChI is InChI=1S/C16H15ClO4/c1-20-14-8-11(6-12(9-14)16(19)21-2)15(18)10-4-3-5-13(17)7-10/h3-9,15,18H,1-2H3. The maximum absolute atomic E-state index is 11.7. The molecule has 0 amide bonds. The molecule has 1 N–H and O–H groups in total. The Kier molecular flexibility index (Phi) is 4.83. The van der Waals surface area contributed by atoms with Crippen LogP contribution >= 0.6 is 11.6 Å². The van der Waals surface area contributed by atoms with Crippen LogP contribution in [0, 0.1) is 0 Å². The summed E-state index contributed by atoms with van der Waals surface area (Å²) >= 11 is 5.93. The monoisotopic (exact) mass is 306 g/mol. The highest BCUT2D eigenvalue weighted by Gasteiger charge is 2.16. The Morgan fingerprint density at radius 2 is 1.90 bits per heavy atom. The maximum atomic E-state index is 11.7. The molecule has 0 spiro atoms. The van der Waals surface area contributed by atoms with Crippen molar-refractivity contribution in [3.05, 3.63) is 64.2 Å². The van der Waals surface area contributed by atoms with E-state index in [1.54, 1.807) is 42.5 Å². The van der Waals surface area contributed by atoms with Crippen LogP contribution in [0.1, 0.15) is 27.6 Å². The van der Waals surface area contributed by atoms with Gasteiger partial charge in [0.25, 0.3) is 0 Å². The highest BCUT2D eigenvalue weighted by molar-refractivity contribution is 6.30. The number of ether oxygens (including phenoxy) is 2. The molecule has 2 rings (SSSR count). The molecule has 0 aromatic heterocycles. The average molecular weight is 307 g/mol. The number of halogens is 1. The number of aliphatic hydroxyl groups is 1. The second kappa shape index (κ2) is 6.61. The quantitative estimate of drug-likeness (QED) is 0.881. The van der Waals surface area contributed by atoms with Crippen LogP contribution in [-0.4, -0.2) is 25.3 Å². The van der Waals surface area contributed by atoms with E-state index in [4.69, 9.17) is 21.1 Å². The fraction of sp³-hybridized carbons (Fsp3) is 0.188. The summed E-state index contributed by atoms with van der Waals surface area (Å²) in [5.41, 5.74) is 1.47. The average Bonchev–Trinajstić information content (AvgIpc) is 2.52. The third kappa shape index (κ3) is 3.54. The van der Waals surface area contributed by atoms with E-state index in [1.165, 1.54) is 14.2 Å². The van der Waals surface area contributed by atoms with Crippen molar-refractivity contribution in [2.75, 3.05) is 14.2 Å². The number of carbonyl (C=O) groups is 1. The third-order valence-electron chi connectivity index (χ3n) is 3.07. The fourth-order valence-electron chi connectivity index (χ4n) is 2.00. The highest BCUT2D eigenvalue weighted by Crippen LogP contribution is 2.28. The van der Waals surface area contributed by atoms with E-state index in [1.807, 2.05) is 0 Å². The van der Waals surface area contributed by atoms with Crippen molar-refractivity contribution >= 4 is 17.6 Å². The summed E-state index contributed by atoms with van der Waals surface area (Å²) in [5.74, 6) is -0.0255. The van der Waals surface area contributed by atoms with Crippen LogP contribution in [0.3, 0.4) is 0 Å². The van der Waals surface area contributed by atoms with E-state index < -0.39 is 12.1 Å². The summed E-state index contributed by atoms with van der Waals surface area (Å²) < 4.78 is 9.85. The Labute approximate surface area is 127 Å². The SMILES string of the molecule is COC(=O)c1cc(OC)cc(C(O)c2cccc(Cl)c2)c1. The van der Waals surface area contributed by atoms with Crippen molar-refractivity contribution in [1.82, 2.24) is 0 Å². The van der Waals surface area contributed by atoms with Gasteiger partial charge in [-0.05, 0) is 41.5 Å². The van der Waals surface area contributed by atoms with Gasteiger partial charge in [-0.1, -0.05) is 23.7 Å². The van der Waals surface area contributed by atoms with E-state index in [0.29, 0.717) is 27.5 Å². The summed E-state index contributed by atoms with van der Waals surface area (Å²) in [4.78, 5) is 11.7. The van der Waals surface area contributed by atoms with Crippen LogP contribution in [0.25, 0.3) is 0 Å². The van der Waals surface area contributed by atoms with Gasteiger partial charge in [-0.15, -0.1) is 0 Å². The fourth-order valence-corrected chi connectivity index (χ4v) is 2.20. The molecular formula is C16H15ClO4. The highest BCUT2D eigenvalue weighted by atomic mass is 35.5. The zero-order valence-corrected chi connectivity index (χ0v) is 12.4. The molecule has 1 unspecified atom stereocenters. The van der Waals surface area contributed by atoms with Crippen molar-refractivity contribution in [2.24, 2.45) is 0 Å². The first-order chi connectivity index (χ1) is 10.0. The summed E-state index contributed by atoms with van der Waals surface area (Å²) in [6, 6.07) is 11.7. The molecule has 0 aliphatic heterocycles. The van der Waals surface area contributed by atoms with Crippen LogP contribution in [0.2, 0.25) is 5.02 Å². The first kappa shape index (κ1) is 15.4. The predicted molar refractivity (Wildman–Crippen MR) is 79.8 cm³/mol. The van der Waals surface area contributed by atoms with E-state index >= 15 is 0 Å². The van der Waals surface area contributed by atoms with Gasteiger partial charge in [-0.3, -0.25) is 0 Å². The molecule has 2 aromatic rings. The largest absolute Gasteiger partial charge is 0.497 e. The summed E-state index contributed by atoms with van der Waals surface area (Å²) in [6.45, 7) is 0. The molecular weight excluding hydrogens is 292 g/mol. The zero-order chi connectivity index (χ0) is 15.4. The van der Waals surface area contributed by atoms with Gasteiger partial charge in [-0.25, -0.2) is 4.79 Å². The maximum Gasteiger partial charge on any atom is 0.337 e. The minimum Gasteiger partial charge on any atom is -0.497 e. The molecule has 0 saturated carbocycles. The minimum absolute atomic E-state index is 0.313. The Morgan fingerprint density at radius 1 is 1.14 bits per heavy atom. The van der Waals surface area contributed by atoms with Gasteiger partial charge in [0.1, 0.15) is 11.9 Å². The lowest BCUT2D eigenvalue weighted by Gasteiger charge is -2.14. The van der Waals surface area contributed by atoms with Gasteiger partial charge in [0.2, 0.25) is 0 Å². The number of hydrogen-bond acceptors (Lipinski definition) is 4. The van der Waals surface area contributed by atoms with Crippen LogP contribution in [-0.2, 0) is 4.74 Å². The first-order valence-corrected chi connectivity index (χ1v) is 6.63. The molecule has 0 saturated heterocycles. The molecule has 0 radical (unpaired) electrons. The lowest BCUT2D eigenvalue weighted by Crippen LogP contribution is -2.06. The Balaban J connectivity index is 2.44. The van der Waals surface area contributed by atoms with Gasteiger partial charge < -0.3 is 14.6 Å². The lowest BCUT2D eigenvalue weighted by atomic mass is 9.99. The van der Waals surface area contributed by atoms with Crippen LogP contribution < -0.4 is 4.74 Å². The molecule has 0 aliphatic carbocycles. The minimum atomic E-state index is -0.915. The summed E-state index contributed by atoms with van der Waals surface area (Å²) in [6.07, 6.45) is -0.915. The van der Waals surface area contributed by atoms with Crippen molar-refractivity contribution in [3.8, 4) is 5.75 Å². The molecule has 5 heteroatoms. The van der Waals surface area contributed by atoms with Gasteiger partial charge in [0, 0.05) is 5.02 Å². The molecule has 21 heavy (non-hydrogen) atoms. The number of rotatable bonds is 4. The molecule has 4 nitrogen and oxygen atoms in total. The summed E-state index contributed by atoms with van der Waals surface area (Å²) in [7, 11) is 2.79. The molecule has 1 atom stereocenters. The molecule has 2 aromatic carbocycles. The predicted octanol–water partition coefficient (Wildman–Crippen LogP) is 3.22. The number of carbonyl (C=O) groups excluding carboxylic acids is 1. The lowest BCUT2D eigenvalue weighted by molar-refractivity contribution is 0.0600. The van der Waals surface area contributed by atoms with Gasteiger partial charge >= 0.3 is 5.97 Å². The molecule has 0 bridgehead atoms.